The minimum absolute atomic E-state index is 0.0440. The molecule has 3 aromatic rings. The number of nitrogens with one attached hydrogen (secondary N) is 2. The highest BCUT2D eigenvalue weighted by Gasteiger charge is 2.09. The summed E-state index contributed by atoms with van der Waals surface area (Å²) in [6, 6.07) is 16.8. The van der Waals surface area contributed by atoms with E-state index in [9.17, 15) is 19.7 Å². The zero-order valence-corrected chi connectivity index (χ0v) is 16.8. The van der Waals surface area contributed by atoms with Crippen LogP contribution in [0.2, 0.25) is 0 Å². The molecular formula is C20H17N3O4S2. The maximum absolute atomic E-state index is 12.2. The van der Waals surface area contributed by atoms with Crippen molar-refractivity contribution in [3.63, 3.8) is 0 Å². The Bertz CT molecular complexity index is 1000. The summed E-state index contributed by atoms with van der Waals surface area (Å²) in [6.07, 6.45) is 0. The molecule has 2 amide bonds. The number of amides is 2. The van der Waals surface area contributed by atoms with Gasteiger partial charge in [0.1, 0.15) is 0 Å². The molecule has 1 heterocycles. The number of thioether (sulfide) groups is 1. The number of hydrogen-bond acceptors (Lipinski definition) is 6. The van der Waals surface area contributed by atoms with E-state index in [0.29, 0.717) is 22.0 Å². The summed E-state index contributed by atoms with van der Waals surface area (Å²) < 4.78 is 0. The zero-order valence-electron chi connectivity index (χ0n) is 15.2. The third kappa shape index (κ3) is 6.16. The summed E-state index contributed by atoms with van der Waals surface area (Å²) in [5.41, 5.74) is 2.14. The molecule has 0 saturated heterocycles. The van der Waals surface area contributed by atoms with E-state index < -0.39 is 4.92 Å². The minimum Gasteiger partial charge on any atom is -0.325 e. The van der Waals surface area contributed by atoms with Crippen LogP contribution in [0.1, 0.15) is 15.2 Å². The van der Waals surface area contributed by atoms with Gasteiger partial charge in [0.15, 0.2) is 0 Å². The fourth-order valence-corrected chi connectivity index (χ4v) is 3.85. The van der Waals surface area contributed by atoms with Crippen molar-refractivity contribution < 1.29 is 14.5 Å². The van der Waals surface area contributed by atoms with Crippen molar-refractivity contribution >= 4 is 52.0 Å². The predicted octanol–water partition coefficient (Wildman–Crippen LogP) is 4.78. The summed E-state index contributed by atoms with van der Waals surface area (Å²) in [6.45, 7) is 0. The Kier molecular flexibility index (Phi) is 6.99. The van der Waals surface area contributed by atoms with Gasteiger partial charge in [-0.25, -0.2) is 0 Å². The summed E-state index contributed by atoms with van der Waals surface area (Å²) in [7, 11) is 0. The fraction of sp³-hybridized carbons (Fsp3) is 0.100. The monoisotopic (exact) mass is 427 g/mol. The van der Waals surface area contributed by atoms with Crippen LogP contribution >= 0.6 is 23.1 Å². The smallest absolute Gasteiger partial charge is 0.269 e. The van der Waals surface area contributed by atoms with Crippen molar-refractivity contribution in [2.75, 3.05) is 16.4 Å². The van der Waals surface area contributed by atoms with E-state index in [1.165, 1.54) is 35.2 Å². The second-order valence-electron chi connectivity index (χ2n) is 5.98. The molecule has 0 spiro atoms. The number of carbonyl (C=O) groups is 2. The molecule has 1 aromatic heterocycles. The fourth-order valence-electron chi connectivity index (χ4n) is 2.45. The topological polar surface area (TPSA) is 101 Å². The molecule has 2 N–H and O–H groups in total. The van der Waals surface area contributed by atoms with Crippen molar-refractivity contribution in [1.82, 2.24) is 0 Å². The molecule has 0 aliphatic carbocycles. The van der Waals surface area contributed by atoms with Gasteiger partial charge in [0.05, 0.1) is 15.6 Å². The molecule has 0 radical (unpaired) electrons. The van der Waals surface area contributed by atoms with Gasteiger partial charge in [0.25, 0.3) is 11.6 Å². The average Bonchev–Trinajstić information content (AvgIpc) is 3.24. The maximum atomic E-state index is 12.2. The van der Waals surface area contributed by atoms with E-state index >= 15 is 0 Å². The minimum atomic E-state index is -0.443. The third-order valence-corrected chi connectivity index (χ3v) is 5.67. The molecule has 0 fully saturated rings. The average molecular weight is 428 g/mol. The molecular weight excluding hydrogens is 410 g/mol. The number of carbonyl (C=O) groups excluding carboxylic acids is 2. The number of rotatable bonds is 8. The van der Waals surface area contributed by atoms with Crippen LogP contribution in [0.15, 0.2) is 66.0 Å². The first-order chi connectivity index (χ1) is 14.0. The highest BCUT2D eigenvalue weighted by Crippen LogP contribution is 2.19. The zero-order chi connectivity index (χ0) is 20.6. The quantitative estimate of drug-likeness (QED) is 0.398. The van der Waals surface area contributed by atoms with Gasteiger partial charge in [-0.2, -0.15) is 0 Å². The first kappa shape index (κ1) is 20.6. The highest BCUT2D eigenvalue weighted by atomic mass is 32.2. The Morgan fingerprint density at radius 3 is 2.38 bits per heavy atom. The van der Waals surface area contributed by atoms with Gasteiger partial charge < -0.3 is 10.6 Å². The molecule has 3 rings (SSSR count). The van der Waals surface area contributed by atoms with Crippen LogP contribution < -0.4 is 10.6 Å². The Hall–Kier alpha value is -3.17. The number of nitro benzene ring substituents is 1. The molecule has 9 heteroatoms. The summed E-state index contributed by atoms with van der Waals surface area (Å²) in [5, 5.41) is 18.1. The van der Waals surface area contributed by atoms with Crippen molar-refractivity contribution in [2.24, 2.45) is 0 Å². The van der Waals surface area contributed by atoms with Gasteiger partial charge >= 0.3 is 0 Å². The van der Waals surface area contributed by atoms with Crippen LogP contribution in [0.3, 0.4) is 0 Å². The van der Waals surface area contributed by atoms with Crippen molar-refractivity contribution in [2.45, 2.75) is 5.75 Å². The molecule has 0 unspecified atom stereocenters. The number of nitrogens with zero attached hydrogens (tertiary/aromatic N) is 1. The van der Waals surface area contributed by atoms with E-state index in [1.54, 1.807) is 42.5 Å². The van der Waals surface area contributed by atoms with Crippen LogP contribution in [-0.2, 0) is 10.5 Å². The second-order valence-corrected chi connectivity index (χ2v) is 7.91. The number of benzene rings is 2. The van der Waals surface area contributed by atoms with E-state index in [1.807, 2.05) is 11.4 Å². The Morgan fingerprint density at radius 1 is 1.00 bits per heavy atom. The van der Waals surface area contributed by atoms with Crippen LogP contribution in [0, 0.1) is 10.1 Å². The summed E-state index contributed by atoms with van der Waals surface area (Å²) in [4.78, 5) is 35.1. The highest BCUT2D eigenvalue weighted by molar-refractivity contribution is 7.99. The van der Waals surface area contributed by atoms with E-state index in [0.717, 1.165) is 5.56 Å². The van der Waals surface area contributed by atoms with Gasteiger partial charge in [0, 0.05) is 29.3 Å². The van der Waals surface area contributed by atoms with Crippen molar-refractivity contribution in [3.8, 4) is 0 Å². The molecule has 2 aromatic carbocycles. The normalized spacial score (nSPS) is 10.3. The standard InChI is InChI=1S/C20H17N3O4S2/c24-19(13-28-12-14-6-8-17(9-7-14)23(26)27)21-15-3-1-4-16(11-15)22-20(25)18-5-2-10-29-18/h1-11H,12-13H2,(H,21,24)(H,22,25). The largest absolute Gasteiger partial charge is 0.325 e. The molecule has 0 aliphatic rings. The lowest BCUT2D eigenvalue weighted by atomic mass is 10.2. The van der Waals surface area contributed by atoms with Crippen LogP contribution in [0.25, 0.3) is 0 Å². The number of anilines is 2. The maximum Gasteiger partial charge on any atom is 0.269 e. The lowest BCUT2D eigenvalue weighted by Gasteiger charge is -2.08. The van der Waals surface area contributed by atoms with E-state index in [-0.39, 0.29) is 23.3 Å². The number of thiophene rings is 1. The Balaban J connectivity index is 1.47. The third-order valence-electron chi connectivity index (χ3n) is 3.80. The van der Waals surface area contributed by atoms with Gasteiger partial charge in [0.2, 0.25) is 5.91 Å². The number of nitro groups is 1. The molecule has 7 nitrogen and oxygen atoms in total. The molecule has 29 heavy (non-hydrogen) atoms. The Morgan fingerprint density at radius 2 is 1.72 bits per heavy atom. The molecule has 0 saturated carbocycles. The lowest BCUT2D eigenvalue weighted by molar-refractivity contribution is -0.384. The SMILES string of the molecule is O=C(CSCc1ccc([N+](=O)[O-])cc1)Nc1cccc(NC(=O)c2cccs2)c1. The van der Waals surface area contributed by atoms with Crippen LogP contribution in [0.4, 0.5) is 17.1 Å². The number of non-ortho nitro benzene ring substituents is 1. The molecule has 0 atom stereocenters. The predicted molar refractivity (Wildman–Crippen MR) is 117 cm³/mol. The van der Waals surface area contributed by atoms with Gasteiger partial charge in [-0.15, -0.1) is 23.1 Å². The first-order valence-corrected chi connectivity index (χ1v) is 10.6. The first-order valence-electron chi connectivity index (χ1n) is 8.57. The number of hydrogen-bond donors (Lipinski definition) is 2. The van der Waals surface area contributed by atoms with Crippen molar-refractivity contribution in [3.05, 3.63) is 86.6 Å². The summed E-state index contributed by atoms with van der Waals surface area (Å²) >= 11 is 2.77. The Labute approximate surface area is 175 Å². The van der Waals surface area contributed by atoms with Gasteiger partial charge in [-0.1, -0.05) is 24.3 Å². The molecule has 0 bridgehead atoms. The molecule has 148 valence electrons. The second kappa shape index (κ2) is 9.85. The molecule has 0 aliphatic heterocycles. The van der Waals surface area contributed by atoms with Gasteiger partial charge in [-0.05, 0) is 35.2 Å². The lowest BCUT2D eigenvalue weighted by Crippen LogP contribution is -2.15. The van der Waals surface area contributed by atoms with Crippen molar-refractivity contribution in [1.29, 1.82) is 0 Å². The van der Waals surface area contributed by atoms with Crippen LogP contribution in [-0.4, -0.2) is 22.5 Å². The van der Waals surface area contributed by atoms with Gasteiger partial charge in [-0.3, -0.25) is 19.7 Å². The summed E-state index contributed by atoms with van der Waals surface area (Å²) in [5.74, 6) is 0.450. The van der Waals surface area contributed by atoms with Crippen LogP contribution in [0.5, 0.6) is 0 Å². The van der Waals surface area contributed by atoms with E-state index in [2.05, 4.69) is 10.6 Å². The van der Waals surface area contributed by atoms with E-state index in [4.69, 9.17) is 0 Å².